The van der Waals surface area contributed by atoms with E-state index in [1.807, 2.05) is 62.4 Å². The zero-order chi connectivity index (χ0) is 24.6. The van der Waals surface area contributed by atoms with Gasteiger partial charge in [-0.3, -0.25) is 9.59 Å². The number of likely N-dealkylation sites (N-methyl/N-ethyl adjacent to an activating group) is 1. The Morgan fingerprint density at radius 2 is 1.77 bits per heavy atom. The van der Waals surface area contributed by atoms with E-state index in [1.54, 1.807) is 0 Å². The number of aryl methyl sites for hydroxylation is 2. The number of carbonyl (C=O) groups is 2. The Kier molecular flexibility index (Phi) is 8.10. The Bertz CT molecular complexity index is 1120. The van der Waals surface area contributed by atoms with Gasteiger partial charge in [0.05, 0.1) is 19.8 Å². The van der Waals surface area contributed by atoms with E-state index in [-0.39, 0.29) is 24.8 Å². The van der Waals surface area contributed by atoms with Crippen LogP contribution in [0.2, 0.25) is 0 Å². The Hall–Kier alpha value is -3.72. The van der Waals surface area contributed by atoms with Gasteiger partial charge in [-0.1, -0.05) is 35.0 Å². The maximum atomic E-state index is 12.7. The Labute approximate surface area is 205 Å². The summed E-state index contributed by atoms with van der Waals surface area (Å²) in [4.78, 5) is 33.4. The third kappa shape index (κ3) is 6.66. The van der Waals surface area contributed by atoms with Gasteiger partial charge in [0, 0.05) is 49.4 Å². The van der Waals surface area contributed by atoms with E-state index < -0.39 is 0 Å². The normalized spacial score (nSPS) is 13.5. The average molecular weight is 478 g/mol. The van der Waals surface area contributed by atoms with E-state index in [4.69, 9.17) is 9.26 Å². The predicted octanol–water partition coefficient (Wildman–Crippen LogP) is 3.30. The molecular formula is C26H31N5O4. The topological polar surface area (TPSA) is 101 Å². The van der Waals surface area contributed by atoms with Crippen LogP contribution in [-0.2, 0) is 20.7 Å². The zero-order valence-corrected chi connectivity index (χ0v) is 20.2. The van der Waals surface area contributed by atoms with Crippen LogP contribution in [0.15, 0.2) is 53.1 Å². The molecule has 9 nitrogen and oxygen atoms in total. The summed E-state index contributed by atoms with van der Waals surface area (Å²) in [6.07, 6.45) is 0.504. The number of aromatic nitrogens is 2. The fraction of sp³-hybridized carbons (Fsp3) is 0.385. The van der Waals surface area contributed by atoms with Gasteiger partial charge < -0.3 is 24.4 Å². The highest BCUT2D eigenvalue weighted by Crippen LogP contribution is 2.19. The molecule has 1 saturated heterocycles. The fourth-order valence-electron chi connectivity index (χ4n) is 3.88. The highest BCUT2D eigenvalue weighted by atomic mass is 16.5. The number of nitrogens with zero attached hydrogens (tertiary/aromatic N) is 4. The smallest absolute Gasteiger partial charge is 0.243 e. The van der Waals surface area contributed by atoms with Gasteiger partial charge in [0.1, 0.15) is 0 Å². The van der Waals surface area contributed by atoms with Crippen molar-refractivity contribution >= 4 is 23.2 Å². The minimum atomic E-state index is -0.237. The fourth-order valence-corrected chi connectivity index (χ4v) is 3.88. The molecule has 184 valence electrons. The molecule has 1 aromatic heterocycles. The number of rotatable bonds is 9. The van der Waals surface area contributed by atoms with E-state index in [0.29, 0.717) is 30.4 Å². The third-order valence-electron chi connectivity index (χ3n) is 5.93. The first-order valence-electron chi connectivity index (χ1n) is 11.9. The lowest BCUT2D eigenvalue weighted by atomic mass is 10.1. The summed E-state index contributed by atoms with van der Waals surface area (Å²) in [6, 6.07) is 15.6. The average Bonchev–Trinajstić information content (AvgIpc) is 3.36. The Morgan fingerprint density at radius 3 is 2.46 bits per heavy atom. The van der Waals surface area contributed by atoms with Crippen molar-refractivity contribution in [3.05, 3.63) is 60.0 Å². The number of anilines is 2. The van der Waals surface area contributed by atoms with Crippen LogP contribution >= 0.6 is 0 Å². The summed E-state index contributed by atoms with van der Waals surface area (Å²) in [5, 5.41) is 6.88. The lowest BCUT2D eigenvalue weighted by Gasteiger charge is -2.29. The largest absolute Gasteiger partial charge is 0.378 e. The second-order valence-electron chi connectivity index (χ2n) is 8.48. The molecule has 0 radical (unpaired) electrons. The van der Waals surface area contributed by atoms with Crippen molar-refractivity contribution in [1.29, 1.82) is 0 Å². The van der Waals surface area contributed by atoms with Crippen LogP contribution < -0.4 is 10.2 Å². The number of morpholine rings is 1. The van der Waals surface area contributed by atoms with Gasteiger partial charge in [-0.15, -0.1) is 0 Å². The lowest BCUT2D eigenvalue weighted by Crippen LogP contribution is -2.38. The molecule has 0 spiro atoms. The molecule has 1 aliphatic rings. The number of ether oxygens (including phenoxy) is 1. The highest BCUT2D eigenvalue weighted by molar-refractivity contribution is 5.94. The first-order valence-corrected chi connectivity index (χ1v) is 11.9. The molecule has 0 unspecified atom stereocenters. The number of carbonyl (C=O) groups excluding carboxylic acids is 2. The van der Waals surface area contributed by atoms with E-state index in [2.05, 4.69) is 20.4 Å². The van der Waals surface area contributed by atoms with Crippen molar-refractivity contribution in [3.8, 4) is 11.4 Å². The predicted molar refractivity (Wildman–Crippen MR) is 133 cm³/mol. The molecule has 2 aromatic carbocycles. The van der Waals surface area contributed by atoms with Crippen LogP contribution in [0, 0.1) is 6.92 Å². The van der Waals surface area contributed by atoms with Crippen LogP contribution in [0.4, 0.5) is 11.4 Å². The molecule has 9 heteroatoms. The van der Waals surface area contributed by atoms with Crippen molar-refractivity contribution in [2.24, 2.45) is 0 Å². The zero-order valence-electron chi connectivity index (χ0n) is 20.2. The van der Waals surface area contributed by atoms with E-state index in [9.17, 15) is 9.59 Å². The Morgan fingerprint density at radius 1 is 1.06 bits per heavy atom. The monoisotopic (exact) mass is 477 g/mol. The molecular weight excluding hydrogens is 446 g/mol. The van der Waals surface area contributed by atoms with Crippen molar-refractivity contribution < 1.29 is 18.8 Å². The molecule has 3 aromatic rings. The van der Waals surface area contributed by atoms with Crippen LogP contribution in [0.3, 0.4) is 0 Å². The van der Waals surface area contributed by atoms with Gasteiger partial charge >= 0.3 is 0 Å². The number of hydrogen-bond acceptors (Lipinski definition) is 7. The van der Waals surface area contributed by atoms with Crippen LogP contribution in [0.1, 0.15) is 24.8 Å². The minimum Gasteiger partial charge on any atom is -0.378 e. The molecule has 2 amide bonds. The van der Waals surface area contributed by atoms with Gasteiger partial charge in [-0.2, -0.15) is 4.98 Å². The van der Waals surface area contributed by atoms with E-state index >= 15 is 0 Å². The number of nitrogens with one attached hydrogen (secondary N) is 1. The number of benzene rings is 2. The second-order valence-corrected chi connectivity index (χ2v) is 8.48. The first-order chi connectivity index (χ1) is 17.0. The molecule has 1 N–H and O–H groups in total. The van der Waals surface area contributed by atoms with Crippen LogP contribution in [0.5, 0.6) is 0 Å². The highest BCUT2D eigenvalue weighted by Gasteiger charge is 2.18. The first kappa shape index (κ1) is 24.4. The molecule has 4 rings (SSSR count). The SMILES string of the molecule is CCN(CC(=O)Nc1ccc(N2CCOCC2)cc1)C(=O)CCc1nc(-c2ccc(C)cc2)no1. The number of amides is 2. The molecule has 0 atom stereocenters. The standard InChI is InChI=1S/C26H31N5O4/c1-3-30(18-23(32)27-21-8-10-22(11-9-21)31-14-16-34-17-15-31)25(33)13-12-24-28-26(29-35-24)20-6-4-19(2)5-7-20/h4-11H,3,12-18H2,1-2H3,(H,27,32). The summed E-state index contributed by atoms with van der Waals surface area (Å²) in [6.45, 7) is 7.44. The van der Waals surface area contributed by atoms with Crippen molar-refractivity contribution in [2.45, 2.75) is 26.7 Å². The van der Waals surface area contributed by atoms with Gasteiger partial charge in [0.25, 0.3) is 0 Å². The van der Waals surface area contributed by atoms with Crippen LogP contribution in [-0.4, -0.2) is 66.2 Å². The maximum absolute atomic E-state index is 12.7. The summed E-state index contributed by atoms with van der Waals surface area (Å²) in [5.41, 5.74) is 3.81. The summed E-state index contributed by atoms with van der Waals surface area (Å²) < 4.78 is 10.7. The number of hydrogen-bond donors (Lipinski definition) is 1. The van der Waals surface area contributed by atoms with Gasteiger partial charge in [-0.05, 0) is 38.1 Å². The molecule has 35 heavy (non-hydrogen) atoms. The van der Waals surface area contributed by atoms with Crippen molar-refractivity contribution in [1.82, 2.24) is 15.0 Å². The molecule has 1 aliphatic heterocycles. The van der Waals surface area contributed by atoms with Gasteiger partial charge in [-0.25, -0.2) is 0 Å². The maximum Gasteiger partial charge on any atom is 0.243 e. The molecule has 1 fully saturated rings. The second kappa shape index (κ2) is 11.6. The quantitative estimate of drug-likeness (QED) is 0.505. The summed E-state index contributed by atoms with van der Waals surface area (Å²) >= 11 is 0. The van der Waals surface area contributed by atoms with Crippen molar-refractivity contribution in [2.75, 3.05) is 49.6 Å². The third-order valence-corrected chi connectivity index (χ3v) is 5.93. The van der Waals surface area contributed by atoms with Crippen LogP contribution in [0.25, 0.3) is 11.4 Å². The molecule has 0 saturated carbocycles. The summed E-state index contributed by atoms with van der Waals surface area (Å²) in [7, 11) is 0. The van der Waals surface area contributed by atoms with E-state index in [0.717, 1.165) is 43.1 Å². The Balaban J connectivity index is 1.25. The summed E-state index contributed by atoms with van der Waals surface area (Å²) in [5.74, 6) is 0.521. The van der Waals surface area contributed by atoms with Gasteiger partial charge in [0.15, 0.2) is 0 Å². The lowest BCUT2D eigenvalue weighted by molar-refractivity contribution is -0.134. The molecule has 0 aliphatic carbocycles. The van der Waals surface area contributed by atoms with E-state index in [1.165, 1.54) is 4.90 Å². The molecule has 0 bridgehead atoms. The molecule has 2 heterocycles. The van der Waals surface area contributed by atoms with Gasteiger partial charge in [0.2, 0.25) is 23.5 Å². The minimum absolute atomic E-state index is 0.0149. The van der Waals surface area contributed by atoms with Crippen molar-refractivity contribution in [3.63, 3.8) is 0 Å².